The highest BCUT2D eigenvalue weighted by molar-refractivity contribution is 7.90. The van der Waals surface area contributed by atoms with Crippen molar-refractivity contribution in [3.05, 3.63) is 132 Å². The van der Waals surface area contributed by atoms with Crippen molar-refractivity contribution in [1.29, 1.82) is 0 Å². The molecule has 2 amide bonds. The van der Waals surface area contributed by atoms with Crippen molar-refractivity contribution in [3.8, 4) is 0 Å². The van der Waals surface area contributed by atoms with Gasteiger partial charge in [0.15, 0.2) is 0 Å². The van der Waals surface area contributed by atoms with Gasteiger partial charge in [0.1, 0.15) is 0 Å². The molecular formula is C31H28N4O4S. The lowest BCUT2D eigenvalue weighted by molar-refractivity contribution is -0.119. The number of fused-ring (bicyclic) bond motifs is 1. The van der Waals surface area contributed by atoms with Crippen LogP contribution in [0.4, 0.5) is 0 Å². The van der Waals surface area contributed by atoms with Gasteiger partial charge in [-0.05, 0) is 64.2 Å². The van der Waals surface area contributed by atoms with Crippen molar-refractivity contribution in [2.75, 3.05) is 0 Å². The van der Waals surface area contributed by atoms with E-state index in [-0.39, 0.29) is 23.6 Å². The van der Waals surface area contributed by atoms with E-state index in [1.54, 1.807) is 35.1 Å². The summed E-state index contributed by atoms with van der Waals surface area (Å²) in [5.74, 6) is -0.921. The van der Waals surface area contributed by atoms with Gasteiger partial charge in [0, 0.05) is 30.9 Å². The van der Waals surface area contributed by atoms with E-state index in [1.807, 2.05) is 66.9 Å². The number of sulfonamides is 1. The Bertz CT molecular complexity index is 1750. The molecule has 0 saturated carbocycles. The predicted octanol–water partition coefficient (Wildman–Crippen LogP) is 4.45. The molecule has 202 valence electrons. The third-order valence-electron chi connectivity index (χ3n) is 6.51. The molecule has 2 N–H and O–H groups in total. The van der Waals surface area contributed by atoms with Gasteiger partial charge >= 0.3 is 0 Å². The van der Waals surface area contributed by atoms with Crippen LogP contribution in [-0.4, -0.2) is 30.0 Å². The lowest BCUT2D eigenvalue weighted by atomic mass is 9.99. The summed E-state index contributed by atoms with van der Waals surface area (Å²) in [4.78, 5) is 26.0. The lowest BCUT2D eigenvalue weighted by Crippen LogP contribution is -2.31. The molecule has 5 aromatic rings. The second-order valence-corrected chi connectivity index (χ2v) is 11.1. The number of aromatic nitrogens is 2. The maximum atomic E-state index is 13.4. The Hall–Kier alpha value is -4.76. The Morgan fingerprint density at radius 2 is 1.55 bits per heavy atom. The molecule has 1 aromatic heterocycles. The molecule has 0 aliphatic carbocycles. The number of hydrogen-bond acceptors (Lipinski definition) is 5. The Morgan fingerprint density at radius 3 is 2.33 bits per heavy atom. The van der Waals surface area contributed by atoms with Crippen molar-refractivity contribution in [2.24, 2.45) is 0 Å². The van der Waals surface area contributed by atoms with Crippen LogP contribution in [0.1, 0.15) is 33.5 Å². The SMILES string of the molecule is O=C(CCc1ccc(Cn2cccn2)cc1C(=O)NCc1ccc2ccccc2c1)NS(=O)(=O)c1ccccc1. The number of rotatable bonds is 10. The van der Waals surface area contributed by atoms with Crippen molar-refractivity contribution in [2.45, 2.75) is 30.8 Å². The maximum absolute atomic E-state index is 13.4. The second-order valence-electron chi connectivity index (χ2n) is 9.40. The fourth-order valence-corrected chi connectivity index (χ4v) is 5.50. The molecule has 9 heteroatoms. The van der Waals surface area contributed by atoms with Crippen molar-refractivity contribution >= 4 is 32.6 Å². The van der Waals surface area contributed by atoms with Gasteiger partial charge in [-0.1, -0.05) is 66.7 Å². The standard InChI is InChI=1S/C31H28N4O4S/c36-30(34-40(38,39)28-9-2-1-3-10-28)16-15-26-14-12-24(22-35-18-6-17-33-35)20-29(26)31(37)32-21-23-11-13-25-7-4-5-8-27(25)19-23/h1-14,17-20H,15-16,21-22H2,(H,32,37)(H,34,36). The molecule has 0 radical (unpaired) electrons. The number of aryl methyl sites for hydroxylation is 1. The minimum Gasteiger partial charge on any atom is -0.348 e. The van der Waals surface area contributed by atoms with Gasteiger partial charge in [-0.3, -0.25) is 14.3 Å². The molecule has 0 aliphatic heterocycles. The van der Waals surface area contributed by atoms with Crippen LogP contribution in [0, 0.1) is 0 Å². The first-order valence-electron chi connectivity index (χ1n) is 12.8. The molecule has 0 bridgehead atoms. The Morgan fingerprint density at radius 1 is 0.800 bits per heavy atom. The van der Waals surface area contributed by atoms with Crippen LogP contribution in [0.5, 0.6) is 0 Å². The van der Waals surface area contributed by atoms with E-state index < -0.39 is 15.9 Å². The van der Waals surface area contributed by atoms with Crippen molar-refractivity contribution in [3.63, 3.8) is 0 Å². The van der Waals surface area contributed by atoms with Gasteiger partial charge < -0.3 is 5.32 Å². The smallest absolute Gasteiger partial charge is 0.264 e. The molecular weight excluding hydrogens is 524 g/mol. The fraction of sp³-hybridized carbons (Fsp3) is 0.129. The minimum absolute atomic E-state index is 0.0140. The van der Waals surface area contributed by atoms with E-state index in [0.717, 1.165) is 21.9 Å². The monoisotopic (exact) mass is 552 g/mol. The van der Waals surface area contributed by atoms with Gasteiger partial charge in [-0.25, -0.2) is 13.1 Å². The van der Waals surface area contributed by atoms with Gasteiger partial charge in [0.2, 0.25) is 5.91 Å². The number of carbonyl (C=O) groups is 2. The Labute approximate surface area is 232 Å². The van der Waals surface area contributed by atoms with E-state index >= 15 is 0 Å². The molecule has 5 rings (SSSR count). The molecule has 4 aromatic carbocycles. The summed E-state index contributed by atoms with van der Waals surface area (Å²) < 4.78 is 28.9. The van der Waals surface area contributed by atoms with Crippen LogP contribution in [0.3, 0.4) is 0 Å². The summed E-state index contributed by atoms with van der Waals surface area (Å²) in [6.07, 6.45) is 3.62. The lowest BCUT2D eigenvalue weighted by Gasteiger charge is -2.13. The average molecular weight is 553 g/mol. The highest BCUT2D eigenvalue weighted by Gasteiger charge is 2.19. The fourth-order valence-electron chi connectivity index (χ4n) is 4.47. The van der Waals surface area contributed by atoms with Crippen LogP contribution >= 0.6 is 0 Å². The zero-order valence-electron chi connectivity index (χ0n) is 21.7. The third-order valence-corrected chi connectivity index (χ3v) is 7.90. The Kier molecular flexibility index (Phi) is 8.02. The molecule has 0 fully saturated rings. The summed E-state index contributed by atoms with van der Waals surface area (Å²) in [6.45, 7) is 0.816. The molecule has 40 heavy (non-hydrogen) atoms. The van der Waals surface area contributed by atoms with Crippen LogP contribution < -0.4 is 10.0 Å². The van der Waals surface area contributed by atoms with Gasteiger partial charge in [0.25, 0.3) is 15.9 Å². The van der Waals surface area contributed by atoms with Crippen molar-refractivity contribution in [1.82, 2.24) is 19.8 Å². The van der Waals surface area contributed by atoms with Gasteiger partial charge in [-0.2, -0.15) is 5.10 Å². The number of benzene rings is 4. The van der Waals surface area contributed by atoms with Crippen LogP contribution in [0.15, 0.2) is 114 Å². The van der Waals surface area contributed by atoms with E-state index in [9.17, 15) is 18.0 Å². The quantitative estimate of drug-likeness (QED) is 0.266. The number of hydrogen-bond donors (Lipinski definition) is 2. The summed E-state index contributed by atoms with van der Waals surface area (Å²) in [5.41, 5.74) is 2.92. The zero-order valence-corrected chi connectivity index (χ0v) is 22.5. The molecule has 0 aliphatic rings. The van der Waals surface area contributed by atoms with E-state index in [1.165, 1.54) is 12.1 Å². The summed E-state index contributed by atoms with van der Waals surface area (Å²) in [6, 6.07) is 29.1. The third kappa shape index (κ3) is 6.62. The van der Waals surface area contributed by atoms with E-state index in [2.05, 4.69) is 15.1 Å². The van der Waals surface area contributed by atoms with Gasteiger partial charge in [-0.15, -0.1) is 0 Å². The first-order valence-corrected chi connectivity index (χ1v) is 14.3. The normalized spacial score (nSPS) is 11.3. The first kappa shape index (κ1) is 26.8. The first-order chi connectivity index (χ1) is 19.4. The maximum Gasteiger partial charge on any atom is 0.264 e. The molecule has 0 spiro atoms. The zero-order chi connectivity index (χ0) is 28.0. The molecule has 0 saturated heterocycles. The molecule has 0 unspecified atom stereocenters. The second kappa shape index (κ2) is 12.0. The number of carbonyl (C=O) groups excluding carboxylic acids is 2. The number of nitrogens with zero attached hydrogens (tertiary/aromatic N) is 2. The van der Waals surface area contributed by atoms with E-state index in [4.69, 9.17) is 0 Å². The highest BCUT2D eigenvalue weighted by atomic mass is 32.2. The number of nitrogens with one attached hydrogen (secondary N) is 2. The largest absolute Gasteiger partial charge is 0.348 e. The predicted molar refractivity (Wildman–Crippen MR) is 153 cm³/mol. The van der Waals surface area contributed by atoms with E-state index in [0.29, 0.717) is 24.2 Å². The minimum atomic E-state index is -3.97. The van der Waals surface area contributed by atoms with Crippen LogP contribution in [0.25, 0.3) is 10.8 Å². The average Bonchev–Trinajstić information content (AvgIpc) is 3.48. The van der Waals surface area contributed by atoms with Crippen LogP contribution in [-0.2, 0) is 34.3 Å². The highest BCUT2D eigenvalue weighted by Crippen LogP contribution is 2.18. The summed E-state index contributed by atoms with van der Waals surface area (Å²) in [5, 5.41) is 9.44. The van der Waals surface area contributed by atoms with Crippen LogP contribution in [0.2, 0.25) is 0 Å². The molecule has 1 heterocycles. The van der Waals surface area contributed by atoms with Gasteiger partial charge in [0.05, 0.1) is 11.4 Å². The summed E-state index contributed by atoms with van der Waals surface area (Å²) in [7, 11) is -3.97. The molecule has 0 atom stereocenters. The Balaban J connectivity index is 1.31. The number of amides is 2. The van der Waals surface area contributed by atoms with Crippen molar-refractivity contribution < 1.29 is 18.0 Å². The molecule has 8 nitrogen and oxygen atoms in total. The summed E-state index contributed by atoms with van der Waals surface area (Å²) >= 11 is 0. The topological polar surface area (TPSA) is 110 Å².